The maximum Gasteiger partial charge on any atom is 0.352 e. The van der Waals surface area contributed by atoms with Crippen molar-refractivity contribution in [2.75, 3.05) is 24.7 Å². The van der Waals surface area contributed by atoms with Gasteiger partial charge in [-0.15, -0.1) is 11.8 Å². The third-order valence-corrected chi connectivity index (χ3v) is 7.12. The van der Waals surface area contributed by atoms with E-state index >= 15 is 0 Å². The number of carboxylic acid groups (broad SMARTS) is 1. The van der Waals surface area contributed by atoms with Crippen LogP contribution < -0.4 is 20.4 Å². The van der Waals surface area contributed by atoms with Crippen molar-refractivity contribution < 1.29 is 33.6 Å². The number of carbonyl (C=O) groups is 3. The molecule has 0 aliphatic carbocycles. The van der Waals surface area contributed by atoms with Crippen LogP contribution in [-0.2, 0) is 25.8 Å². The van der Waals surface area contributed by atoms with Crippen molar-refractivity contribution in [1.82, 2.24) is 19.6 Å². The van der Waals surface area contributed by atoms with Crippen molar-refractivity contribution in [3.63, 3.8) is 0 Å². The van der Waals surface area contributed by atoms with Gasteiger partial charge in [-0.3, -0.25) is 14.5 Å². The number of carbonyl (C=O) groups excluding carboxylic acids is 2. The number of pyridine rings is 1. The zero-order valence-corrected chi connectivity index (χ0v) is 21.0. The van der Waals surface area contributed by atoms with Crippen LogP contribution in [0.1, 0.15) is 19.7 Å². The third kappa shape index (κ3) is 5.11. The third-order valence-electron chi connectivity index (χ3n) is 5.23. The molecule has 2 amide bonds. The number of carboxylic acids is 1. The monoisotopic (exact) mass is 534 g/mol. The molecule has 1 saturated heterocycles. The van der Waals surface area contributed by atoms with Crippen LogP contribution in [-0.4, -0.2) is 73.2 Å². The summed E-state index contributed by atoms with van der Waals surface area (Å²) in [5, 5.41) is 15.8. The first-order chi connectivity index (χ1) is 17.3. The second-order valence-electron chi connectivity index (χ2n) is 7.57. The molecule has 0 bridgehead atoms. The molecule has 36 heavy (non-hydrogen) atoms. The lowest BCUT2D eigenvalue weighted by atomic mass is 10.0. The number of oxime groups is 1. The topological polar surface area (TPSA) is 173 Å². The van der Waals surface area contributed by atoms with Gasteiger partial charge in [-0.1, -0.05) is 5.16 Å². The molecule has 0 radical (unpaired) electrons. The van der Waals surface area contributed by atoms with E-state index < -0.39 is 29.2 Å². The second kappa shape index (κ2) is 10.9. The average Bonchev–Trinajstić information content (AvgIpc) is 3.29. The number of rotatable bonds is 10. The van der Waals surface area contributed by atoms with Crippen molar-refractivity contribution in [2.24, 2.45) is 5.16 Å². The summed E-state index contributed by atoms with van der Waals surface area (Å²) >= 11 is 2.26. The minimum atomic E-state index is -1.21. The van der Waals surface area contributed by atoms with Gasteiger partial charge in [-0.2, -0.15) is 9.36 Å². The molecular weight excluding hydrogens is 510 g/mol. The quantitative estimate of drug-likeness (QED) is 0.163. The molecule has 4 N–H and O–H groups in total. The van der Waals surface area contributed by atoms with E-state index in [0.29, 0.717) is 23.7 Å². The molecule has 13 nitrogen and oxygen atoms in total. The molecule has 190 valence electrons. The van der Waals surface area contributed by atoms with E-state index in [0.717, 1.165) is 11.5 Å². The molecule has 2 aliphatic heterocycles. The number of β-lactam (4-membered cyclic amide) rings is 1. The van der Waals surface area contributed by atoms with Gasteiger partial charge in [-0.25, -0.2) is 9.36 Å². The van der Waals surface area contributed by atoms with Crippen molar-refractivity contribution in [3.05, 3.63) is 41.6 Å². The van der Waals surface area contributed by atoms with Crippen molar-refractivity contribution >= 4 is 51.9 Å². The number of nitrogens with two attached hydrogens (primary N) is 1. The summed E-state index contributed by atoms with van der Waals surface area (Å²) < 4.78 is 11.2. The SMILES string of the molecule is CCON=C(C(=O)NC1C(=O)N2C(C(=O)O)=C(C[n+]3ccc(OCC)cc3)CS[C@@H]12)c1nsc(N)n1. The van der Waals surface area contributed by atoms with Crippen LogP contribution in [0.4, 0.5) is 5.13 Å². The number of anilines is 1. The van der Waals surface area contributed by atoms with Crippen LogP contribution in [0.25, 0.3) is 0 Å². The van der Waals surface area contributed by atoms with Crippen LogP contribution in [0.3, 0.4) is 0 Å². The highest BCUT2D eigenvalue weighted by molar-refractivity contribution is 8.00. The number of fused-ring (bicyclic) bond motifs is 1. The number of ether oxygens (including phenoxy) is 1. The average molecular weight is 535 g/mol. The van der Waals surface area contributed by atoms with E-state index in [1.165, 1.54) is 16.7 Å². The molecule has 2 aromatic rings. The molecule has 1 fully saturated rings. The number of aromatic nitrogens is 3. The molecule has 0 aromatic carbocycles. The number of nitrogens with one attached hydrogen (secondary N) is 1. The van der Waals surface area contributed by atoms with Crippen molar-refractivity contribution in [2.45, 2.75) is 31.8 Å². The summed E-state index contributed by atoms with van der Waals surface area (Å²) in [5.41, 5.74) is 5.89. The lowest BCUT2D eigenvalue weighted by Gasteiger charge is -2.49. The Balaban J connectivity index is 1.50. The van der Waals surface area contributed by atoms with E-state index in [1.54, 1.807) is 31.5 Å². The Bertz CT molecular complexity index is 1230. The van der Waals surface area contributed by atoms with E-state index in [9.17, 15) is 19.5 Å². The molecule has 0 spiro atoms. The van der Waals surface area contributed by atoms with Gasteiger partial charge >= 0.3 is 5.97 Å². The second-order valence-corrected chi connectivity index (χ2v) is 9.46. The van der Waals surface area contributed by atoms with Gasteiger partial charge in [0.25, 0.3) is 11.8 Å². The normalized spacial score (nSPS) is 19.4. The minimum Gasteiger partial charge on any atom is -0.493 e. The van der Waals surface area contributed by atoms with Crippen LogP contribution in [0.2, 0.25) is 0 Å². The first-order valence-electron chi connectivity index (χ1n) is 11.0. The number of hydrogen-bond donors (Lipinski definition) is 3. The first-order valence-corrected chi connectivity index (χ1v) is 12.8. The van der Waals surface area contributed by atoms with Gasteiger partial charge in [0.1, 0.15) is 29.5 Å². The lowest BCUT2D eigenvalue weighted by molar-refractivity contribution is -0.689. The van der Waals surface area contributed by atoms with E-state index in [2.05, 4.69) is 19.8 Å². The predicted octanol–water partition coefficient (Wildman–Crippen LogP) is -0.0141. The van der Waals surface area contributed by atoms with Gasteiger partial charge in [0.15, 0.2) is 24.1 Å². The minimum absolute atomic E-state index is 0.0239. The highest BCUT2D eigenvalue weighted by Gasteiger charge is 2.54. The number of hydrogen-bond acceptors (Lipinski definition) is 11. The van der Waals surface area contributed by atoms with Crippen LogP contribution in [0.15, 0.2) is 41.0 Å². The summed E-state index contributed by atoms with van der Waals surface area (Å²) in [7, 11) is 0. The molecule has 1 unspecified atom stereocenters. The fourth-order valence-electron chi connectivity index (χ4n) is 3.69. The number of thioether (sulfide) groups is 1. The van der Waals surface area contributed by atoms with Gasteiger partial charge in [0.2, 0.25) is 11.5 Å². The highest BCUT2D eigenvalue weighted by atomic mass is 32.2. The lowest BCUT2D eigenvalue weighted by Crippen LogP contribution is -2.71. The Morgan fingerprint density at radius 2 is 2.08 bits per heavy atom. The van der Waals surface area contributed by atoms with Crippen LogP contribution in [0, 0.1) is 0 Å². The Morgan fingerprint density at radius 3 is 2.69 bits per heavy atom. The van der Waals surface area contributed by atoms with E-state index in [4.69, 9.17) is 15.3 Å². The van der Waals surface area contributed by atoms with Crippen LogP contribution >= 0.6 is 23.3 Å². The summed E-state index contributed by atoms with van der Waals surface area (Å²) in [5.74, 6) is -1.42. The molecule has 4 rings (SSSR count). The maximum absolute atomic E-state index is 13.0. The number of amides is 2. The largest absolute Gasteiger partial charge is 0.493 e. The summed E-state index contributed by atoms with van der Waals surface area (Å²) in [6.45, 7) is 4.61. The van der Waals surface area contributed by atoms with E-state index in [1.807, 2.05) is 11.5 Å². The Morgan fingerprint density at radius 1 is 1.33 bits per heavy atom. The smallest absolute Gasteiger partial charge is 0.352 e. The van der Waals surface area contributed by atoms with Gasteiger partial charge in [-0.05, 0) is 13.8 Å². The van der Waals surface area contributed by atoms with Gasteiger partial charge in [0.05, 0.1) is 6.61 Å². The Kier molecular flexibility index (Phi) is 7.69. The molecule has 0 saturated carbocycles. The maximum atomic E-state index is 13.0. The first kappa shape index (κ1) is 25.4. The number of nitrogens with zero attached hydrogens (tertiary/aromatic N) is 5. The molecule has 15 heteroatoms. The van der Waals surface area contributed by atoms with Gasteiger partial charge in [0, 0.05) is 35.0 Å². The molecular formula is C21H24N7O6S2+. The molecule has 2 aliphatic rings. The highest BCUT2D eigenvalue weighted by Crippen LogP contribution is 2.40. The number of aliphatic carboxylic acids is 1. The Hall–Kier alpha value is -3.72. The zero-order chi connectivity index (χ0) is 25.8. The Labute approximate surface area is 214 Å². The van der Waals surface area contributed by atoms with Crippen LogP contribution in [0.5, 0.6) is 5.75 Å². The fourth-order valence-corrected chi connectivity index (χ4v) is 5.46. The zero-order valence-electron chi connectivity index (χ0n) is 19.4. The molecule has 4 heterocycles. The summed E-state index contributed by atoms with van der Waals surface area (Å²) in [6.07, 6.45) is 3.57. The van der Waals surface area contributed by atoms with E-state index in [-0.39, 0.29) is 35.5 Å². The number of nitrogen functional groups attached to an aromatic ring is 1. The molecule has 2 aromatic heterocycles. The summed E-state index contributed by atoms with van der Waals surface area (Å²) in [6, 6.07) is 2.63. The summed E-state index contributed by atoms with van der Waals surface area (Å²) in [4.78, 5) is 48.2. The van der Waals surface area contributed by atoms with Crippen molar-refractivity contribution in [3.8, 4) is 5.75 Å². The predicted molar refractivity (Wildman–Crippen MR) is 130 cm³/mol. The fraction of sp³-hybridized carbons (Fsp3) is 0.381. The van der Waals surface area contributed by atoms with Gasteiger partial charge < -0.3 is 25.7 Å². The van der Waals surface area contributed by atoms with Crippen molar-refractivity contribution in [1.29, 1.82) is 0 Å². The molecule has 2 atom stereocenters. The standard InChI is InChI=1S/C21H23N7O6S2/c1-3-33-12-5-7-27(8-6-12)9-11-10-35-19-14(18(30)28(19)15(11)20(31)32)23-17(29)13(25-34-4-2)16-24-21(22)36-26-16/h5-8,14,19H,3-4,9-10H2,1-2H3,(H3-,22,23,24,26,29,31,32)/p+1/t14?,19-/m0/s1.